The average Bonchev–Trinajstić information content (AvgIpc) is 2.56. The van der Waals surface area contributed by atoms with Crippen molar-refractivity contribution in [3.8, 4) is 0 Å². The van der Waals surface area contributed by atoms with Crippen LogP contribution in [0.4, 0.5) is 4.79 Å². The number of nitrogens with two attached hydrogens (primary N) is 1. The maximum atomic E-state index is 13.0. The molecule has 3 fully saturated rings. The Labute approximate surface area is 142 Å². The molecule has 132 valence electrons. The Morgan fingerprint density at radius 2 is 1.17 bits per heavy atom. The number of carbonyl (C=O) groups excluding carboxylic acids is 3. The molecule has 3 rings (SSSR count). The fraction of sp³-hybridized carbons (Fsp3) is 0.765. The van der Waals surface area contributed by atoms with Crippen molar-refractivity contribution in [3.63, 3.8) is 0 Å². The van der Waals surface area contributed by atoms with Crippen molar-refractivity contribution in [1.82, 2.24) is 9.80 Å². The van der Waals surface area contributed by atoms with E-state index in [2.05, 4.69) is 0 Å². The van der Waals surface area contributed by atoms with E-state index in [4.69, 9.17) is 11.1 Å². The predicted octanol–water partition coefficient (Wildman–Crippen LogP) is 1.99. The maximum absolute atomic E-state index is 13.0. The number of urea groups is 1. The molecule has 7 heteroatoms. The van der Waals surface area contributed by atoms with Crippen LogP contribution in [0, 0.1) is 11.3 Å². The summed E-state index contributed by atoms with van der Waals surface area (Å²) in [5, 5.41) is 7.69. The minimum absolute atomic E-state index is 0.167. The fourth-order valence-electron chi connectivity index (χ4n) is 4.31. The molecule has 2 aliphatic carbocycles. The highest BCUT2D eigenvalue weighted by Crippen LogP contribution is 2.32. The molecule has 0 atom stereocenters. The number of rotatable bonds is 3. The lowest BCUT2D eigenvalue weighted by Gasteiger charge is -2.44. The van der Waals surface area contributed by atoms with E-state index in [0.717, 1.165) is 64.2 Å². The molecule has 0 spiro atoms. The van der Waals surface area contributed by atoms with E-state index in [-0.39, 0.29) is 12.1 Å². The highest BCUT2D eigenvalue weighted by atomic mass is 16.2. The summed E-state index contributed by atoms with van der Waals surface area (Å²) in [4.78, 5) is 41.0. The van der Waals surface area contributed by atoms with E-state index in [1.54, 1.807) is 0 Å². The monoisotopic (exact) mass is 334 g/mol. The van der Waals surface area contributed by atoms with Gasteiger partial charge in [0.25, 0.3) is 11.8 Å². The molecule has 1 heterocycles. The number of amidine groups is 1. The quantitative estimate of drug-likeness (QED) is 0.467. The number of barbiturate groups is 1. The van der Waals surface area contributed by atoms with Crippen molar-refractivity contribution in [2.24, 2.45) is 11.7 Å². The van der Waals surface area contributed by atoms with Crippen molar-refractivity contribution >= 4 is 23.7 Å². The maximum Gasteiger partial charge on any atom is 0.333 e. The molecule has 0 aromatic carbocycles. The average molecular weight is 334 g/mol. The number of hydrogen-bond acceptors (Lipinski definition) is 4. The molecular weight excluding hydrogens is 308 g/mol. The van der Waals surface area contributed by atoms with Gasteiger partial charge in [0.1, 0.15) is 5.84 Å². The molecule has 0 unspecified atom stereocenters. The number of imide groups is 2. The van der Waals surface area contributed by atoms with E-state index in [0.29, 0.717) is 0 Å². The first kappa shape index (κ1) is 16.9. The molecular formula is C17H26N4O3. The molecule has 2 saturated carbocycles. The van der Waals surface area contributed by atoms with Crippen LogP contribution in [-0.2, 0) is 9.59 Å². The first-order chi connectivity index (χ1) is 11.5. The Morgan fingerprint density at radius 3 is 1.50 bits per heavy atom. The molecule has 3 N–H and O–H groups in total. The van der Waals surface area contributed by atoms with Gasteiger partial charge >= 0.3 is 6.03 Å². The Morgan fingerprint density at radius 1 is 0.792 bits per heavy atom. The van der Waals surface area contributed by atoms with E-state index < -0.39 is 29.6 Å². The number of hydrogen-bond donors (Lipinski definition) is 2. The zero-order chi connectivity index (χ0) is 17.3. The van der Waals surface area contributed by atoms with E-state index in [9.17, 15) is 14.4 Å². The Hall–Kier alpha value is -1.92. The first-order valence-corrected chi connectivity index (χ1v) is 9.06. The SMILES string of the molecule is N=C(N)C1C(=O)N(C2CCCCC2)C(=O)N(C2CCCCC2)C1=O. The second-order valence-corrected chi connectivity index (χ2v) is 7.17. The van der Waals surface area contributed by atoms with Gasteiger partial charge < -0.3 is 5.73 Å². The molecule has 24 heavy (non-hydrogen) atoms. The number of nitrogens with zero attached hydrogens (tertiary/aromatic N) is 2. The minimum atomic E-state index is -1.33. The van der Waals surface area contributed by atoms with Gasteiger partial charge in [-0.2, -0.15) is 0 Å². The molecule has 0 bridgehead atoms. The van der Waals surface area contributed by atoms with Crippen LogP contribution in [-0.4, -0.2) is 45.6 Å². The summed E-state index contributed by atoms with van der Waals surface area (Å²) in [7, 11) is 0. The van der Waals surface area contributed by atoms with E-state index in [1.807, 2.05) is 0 Å². The Bertz CT molecular complexity index is 510. The molecule has 0 radical (unpaired) electrons. The van der Waals surface area contributed by atoms with Crippen LogP contribution in [0.15, 0.2) is 0 Å². The third-order valence-electron chi connectivity index (χ3n) is 5.57. The van der Waals surface area contributed by atoms with Crippen molar-refractivity contribution < 1.29 is 14.4 Å². The van der Waals surface area contributed by atoms with Gasteiger partial charge in [-0.25, -0.2) is 4.79 Å². The van der Waals surface area contributed by atoms with Crippen molar-refractivity contribution in [3.05, 3.63) is 0 Å². The molecule has 1 saturated heterocycles. The number of amides is 4. The molecule has 0 aromatic heterocycles. The van der Waals surface area contributed by atoms with Gasteiger partial charge in [0.05, 0.1) is 0 Å². The zero-order valence-corrected chi connectivity index (χ0v) is 14.0. The normalized spacial score (nSPS) is 25.4. The van der Waals surface area contributed by atoms with E-state index in [1.165, 1.54) is 9.80 Å². The van der Waals surface area contributed by atoms with Gasteiger partial charge in [0.15, 0.2) is 5.92 Å². The smallest absolute Gasteiger partial charge is 0.333 e. The summed E-state index contributed by atoms with van der Waals surface area (Å²) in [5.74, 6) is -2.99. The minimum Gasteiger partial charge on any atom is -0.387 e. The van der Waals surface area contributed by atoms with Crippen LogP contribution in [0.2, 0.25) is 0 Å². The van der Waals surface area contributed by atoms with Crippen molar-refractivity contribution in [2.45, 2.75) is 76.3 Å². The van der Waals surface area contributed by atoms with E-state index >= 15 is 0 Å². The topological polar surface area (TPSA) is 108 Å². The van der Waals surface area contributed by atoms with Gasteiger partial charge in [-0.3, -0.25) is 24.8 Å². The van der Waals surface area contributed by atoms with Crippen LogP contribution < -0.4 is 5.73 Å². The highest BCUT2D eigenvalue weighted by Gasteiger charge is 2.51. The summed E-state index contributed by atoms with van der Waals surface area (Å²) in [6.45, 7) is 0. The summed E-state index contributed by atoms with van der Waals surface area (Å²) in [5.41, 5.74) is 5.55. The Kier molecular flexibility index (Phi) is 4.87. The van der Waals surface area contributed by atoms with Crippen LogP contribution in [0.3, 0.4) is 0 Å². The molecule has 1 aliphatic heterocycles. The van der Waals surface area contributed by atoms with Crippen molar-refractivity contribution in [1.29, 1.82) is 5.41 Å². The highest BCUT2D eigenvalue weighted by molar-refractivity contribution is 6.26. The van der Waals surface area contributed by atoms with Crippen molar-refractivity contribution in [2.75, 3.05) is 0 Å². The summed E-state index contributed by atoms with van der Waals surface area (Å²) < 4.78 is 0. The first-order valence-electron chi connectivity index (χ1n) is 9.06. The molecule has 3 aliphatic rings. The molecule has 0 aromatic rings. The largest absolute Gasteiger partial charge is 0.387 e. The third kappa shape index (κ3) is 2.91. The van der Waals surface area contributed by atoms with Gasteiger partial charge in [-0.15, -0.1) is 0 Å². The third-order valence-corrected chi connectivity index (χ3v) is 5.57. The number of carbonyl (C=O) groups is 3. The van der Waals surface area contributed by atoms with Gasteiger partial charge in [0, 0.05) is 12.1 Å². The van der Waals surface area contributed by atoms with Crippen LogP contribution in [0.1, 0.15) is 64.2 Å². The standard InChI is InChI=1S/C17H26N4O3/c18-14(19)13-15(22)20(11-7-3-1-4-8-11)17(24)21(16(13)23)12-9-5-2-6-10-12/h11-13H,1-10H2,(H3,18,19). The summed E-state index contributed by atoms with van der Waals surface area (Å²) in [6.07, 6.45) is 9.21. The van der Waals surface area contributed by atoms with Gasteiger partial charge in [0.2, 0.25) is 0 Å². The lowest BCUT2D eigenvalue weighted by atomic mass is 9.89. The summed E-state index contributed by atoms with van der Waals surface area (Å²) >= 11 is 0. The summed E-state index contributed by atoms with van der Waals surface area (Å²) in [6, 6.07) is -0.819. The van der Waals surface area contributed by atoms with Gasteiger partial charge in [-0.05, 0) is 25.7 Å². The Balaban J connectivity index is 1.92. The van der Waals surface area contributed by atoms with Crippen LogP contribution in [0.5, 0.6) is 0 Å². The lowest BCUT2D eigenvalue weighted by Crippen LogP contribution is -2.66. The van der Waals surface area contributed by atoms with Gasteiger partial charge in [-0.1, -0.05) is 38.5 Å². The number of nitrogens with one attached hydrogen (secondary N) is 1. The second kappa shape index (κ2) is 6.91. The fourth-order valence-corrected chi connectivity index (χ4v) is 4.31. The molecule has 4 amide bonds. The van der Waals surface area contributed by atoms with Crippen LogP contribution in [0.25, 0.3) is 0 Å². The molecule has 7 nitrogen and oxygen atoms in total. The predicted molar refractivity (Wildman–Crippen MR) is 88.2 cm³/mol. The zero-order valence-electron chi connectivity index (χ0n) is 14.0. The second-order valence-electron chi connectivity index (χ2n) is 7.17. The van der Waals surface area contributed by atoms with Crippen LogP contribution >= 0.6 is 0 Å². The lowest BCUT2D eigenvalue weighted by molar-refractivity contribution is -0.149.